The molecule has 128 valence electrons. The van der Waals surface area contributed by atoms with Crippen molar-refractivity contribution in [3.05, 3.63) is 54.7 Å². The molecule has 0 unspecified atom stereocenters. The maximum Gasteiger partial charge on any atom is 0.363 e. The average Bonchev–Trinajstić information content (AvgIpc) is 3.21. The van der Waals surface area contributed by atoms with Gasteiger partial charge >= 0.3 is 11.9 Å². The summed E-state index contributed by atoms with van der Waals surface area (Å²) in [7, 11) is 0. The van der Waals surface area contributed by atoms with Crippen LogP contribution < -0.4 is 4.74 Å². The van der Waals surface area contributed by atoms with E-state index in [0.717, 1.165) is 12.7 Å². The van der Waals surface area contributed by atoms with Gasteiger partial charge in [0.15, 0.2) is 17.2 Å². The molecule has 2 heterocycles. The molecule has 1 aromatic carbocycles. The molecular weight excluding hydrogens is 552 g/mol. The fourth-order valence-electron chi connectivity index (χ4n) is 2.02. The molecule has 25 heavy (non-hydrogen) atoms. The maximum absolute atomic E-state index is 12.0. The number of carbonyl (C=O) groups excluding carboxylic acids is 2. The third-order valence-electron chi connectivity index (χ3n) is 3.18. The van der Waals surface area contributed by atoms with E-state index in [4.69, 9.17) is 13.9 Å². The van der Waals surface area contributed by atoms with E-state index in [2.05, 4.69) is 50.2 Å². The van der Waals surface area contributed by atoms with Gasteiger partial charge in [-0.2, -0.15) is 0 Å². The van der Waals surface area contributed by atoms with Gasteiger partial charge in [-0.05, 0) is 81.1 Å². The number of benzene rings is 1. The molecule has 0 spiro atoms. The zero-order valence-electron chi connectivity index (χ0n) is 12.9. The largest absolute Gasteiger partial charge is 0.459 e. The molecule has 0 radical (unpaired) electrons. The first-order chi connectivity index (χ1) is 12.0. The molecule has 0 atom stereocenters. The minimum Gasteiger partial charge on any atom is -0.459 e. The van der Waals surface area contributed by atoms with E-state index in [0.29, 0.717) is 17.9 Å². The third kappa shape index (κ3) is 4.11. The summed E-state index contributed by atoms with van der Waals surface area (Å²) in [5.41, 5.74) is 0.929. The van der Waals surface area contributed by atoms with Crippen LogP contribution in [0.2, 0.25) is 0 Å². The third-order valence-corrected chi connectivity index (χ3v) is 4.78. The standard InChI is InChI=1S/C17H11I2NO5/c1-2-14(21)24-15-10(18)6-9(7-11(15)19)8-12-17(22)25-16(20-12)13-4-3-5-23-13/h3-8H,2H2,1H3/b12-8-. The van der Waals surface area contributed by atoms with Crippen LogP contribution in [0.15, 0.2) is 45.6 Å². The summed E-state index contributed by atoms with van der Waals surface area (Å²) in [5, 5.41) is 0. The highest BCUT2D eigenvalue weighted by atomic mass is 127. The van der Waals surface area contributed by atoms with Gasteiger partial charge in [-0.15, -0.1) is 0 Å². The summed E-state index contributed by atoms with van der Waals surface area (Å²) in [6.07, 6.45) is 3.40. The Labute approximate surface area is 170 Å². The van der Waals surface area contributed by atoms with Gasteiger partial charge in [-0.1, -0.05) is 6.92 Å². The van der Waals surface area contributed by atoms with E-state index in [1.165, 1.54) is 6.26 Å². The van der Waals surface area contributed by atoms with Gasteiger partial charge in [0.1, 0.15) is 0 Å². The summed E-state index contributed by atoms with van der Waals surface area (Å²) in [6, 6.07) is 6.97. The Hall–Kier alpha value is -1.69. The Kier molecular flexibility index (Phi) is 5.57. The smallest absolute Gasteiger partial charge is 0.363 e. The number of esters is 2. The van der Waals surface area contributed by atoms with Gasteiger partial charge in [0.2, 0.25) is 0 Å². The predicted octanol–water partition coefficient (Wildman–Crippen LogP) is 4.15. The fraction of sp³-hybridized carbons (Fsp3) is 0.118. The fourth-order valence-corrected chi connectivity index (χ4v) is 4.06. The Morgan fingerprint density at radius 1 is 1.32 bits per heavy atom. The van der Waals surface area contributed by atoms with Gasteiger partial charge < -0.3 is 13.9 Å². The highest BCUT2D eigenvalue weighted by molar-refractivity contribution is 14.1. The second-order valence-corrected chi connectivity index (χ2v) is 7.28. The van der Waals surface area contributed by atoms with Gasteiger partial charge in [0.05, 0.1) is 13.4 Å². The van der Waals surface area contributed by atoms with Gasteiger partial charge in [0, 0.05) is 6.42 Å². The summed E-state index contributed by atoms with van der Waals surface area (Å²) >= 11 is 4.17. The molecule has 0 amide bonds. The molecule has 0 N–H and O–H groups in total. The Morgan fingerprint density at radius 2 is 2.04 bits per heavy atom. The molecule has 1 aliphatic heterocycles. The number of aliphatic imine (C=N–C) groups is 1. The van der Waals surface area contributed by atoms with Crippen LogP contribution in [0.3, 0.4) is 0 Å². The van der Waals surface area contributed by atoms with Crippen LogP contribution >= 0.6 is 45.2 Å². The first-order valence-electron chi connectivity index (χ1n) is 7.24. The highest BCUT2D eigenvalue weighted by Gasteiger charge is 2.26. The molecule has 3 rings (SSSR count). The monoisotopic (exact) mass is 563 g/mol. The van der Waals surface area contributed by atoms with E-state index in [1.807, 2.05) is 12.1 Å². The van der Waals surface area contributed by atoms with Crippen LogP contribution in [0.5, 0.6) is 5.75 Å². The topological polar surface area (TPSA) is 78.1 Å². The zero-order chi connectivity index (χ0) is 18.0. The van der Waals surface area contributed by atoms with Crippen molar-refractivity contribution in [3.8, 4) is 5.75 Å². The molecule has 1 aromatic heterocycles. The summed E-state index contributed by atoms with van der Waals surface area (Å²) < 4.78 is 17.2. The van der Waals surface area contributed by atoms with Crippen molar-refractivity contribution < 1.29 is 23.5 Å². The van der Waals surface area contributed by atoms with Crippen molar-refractivity contribution >= 4 is 69.1 Å². The molecule has 8 heteroatoms. The van der Waals surface area contributed by atoms with Gasteiger partial charge in [-0.25, -0.2) is 9.79 Å². The van der Waals surface area contributed by atoms with Crippen LogP contribution in [0.1, 0.15) is 24.7 Å². The van der Waals surface area contributed by atoms with Crippen LogP contribution in [0, 0.1) is 7.14 Å². The molecule has 0 aliphatic carbocycles. The number of hydrogen-bond donors (Lipinski definition) is 0. The van der Waals surface area contributed by atoms with Crippen LogP contribution in [-0.2, 0) is 14.3 Å². The first-order valence-corrected chi connectivity index (χ1v) is 9.40. The highest BCUT2D eigenvalue weighted by Crippen LogP contribution is 2.31. The van der Waals surface area contributed by atoms with Crippen molar-refractivity contribution in [2.75, 3.05) is 0 Å². The number of hydrogen-bond acceptors (Lipinski definition) is 6. The van der Waals surface area contributed by atoms with Gasteiger partial charge in [-0.3, -0.25) is 4.79 Å². The quantitative estimate of drug-likeness (QED) is 0.242. The van der Waals surface area contributed by atoms with Crippen molar-refractivity contribution in [2.45, 2.75) is 13.3 Å². The zero-order valence-corrected chi connectivity index (χ0v) is 17.2. The Bertz CT molecular complexity index is 877. The van der Waals surface area contributed by atoms with E-state index in [9.17, 15) is 9.59 Å². The summed E-state index contributed by atoms with van der Waals surface area (Å²) in [5.74, 6) is 0.206. The second kappa shape index (κ2) is 7.68. The van der Waals surface area contributed by atoms with Crippen molar-refractivity contribution in [1.82, 2.24) is 0 Å². The van der Waals surface area contributed by atoms with Crippen molar-refractivity contribution in [1.29, 1.82) is 0 Å². The molecule has 0 saturated heterocycles. The van der Waals surface area contributed by atoms with Crippen LogP contribution in [0.4, 0.5) is 0 Å². The number of furan rings is 1. The number of nitrogens with zero attached hydrogens (tertiary/aromatic N) is 1. The Balaban J connectivity index is 1.91. The lowest BCUT2D eigenvalue weighted by Gasteiger charge is -2.09. The number of halogens is 2. The predicted molar refractivity (Wildman–Crippen MR) is 107 cm³/mol. The molecule has 6 nitrogen and oxygen atoms in total. The number of cyclic esters (lactones) is 1. The van der Waals surface area contributed by atoms with Crippen LogP contribution in [-0.4, -0.2) is 17.8 Å². The lowest BCUT2D eigenvalue weighted by molar-refractivity contribution is -0.134. The van der Waals surface area contributed by atoms with Crippen molar-refractivity contribution in [3.63, 3.8) is 0 Å². The van der Waals surface area contributed by atoms with E-state index in [-0.39, 0.29) is 17.6 Å². The molecule has 1 aliphatic rings. The molecular formula is C17H11I2NO5. The number of ether oxygens (including phenoxy) is 2. The minimum atomic E-state index is -0.544. The second-order valence-electron chi connectivity index (χ2n) is 4.95. The summed E-state index contributed by atoms with van der Waals surface area (Å²) in [6.45, 7) is 1.74. The first kappa shape index (κ1) is 18.1. The molecule has 0 fully saturated rings. The SMILES string of the molecule is CCC(=O)Oc1c(I)cc(/C=C2\N=C(c3ccco3)OC2=O)cc1I. The summed E-state index contributed by atoms with van der Waals surface area (Å²) in [4.78, 5) is 27.7. The van der Waals surface area contributed by atoms with E-state index >= 15 is 0 Å². The number of rotatable bonds is 4. The lowest BCUT2D eigenvalue weighted by Crippen LogP contribution is -2.08. The van der Waals surface area contributed by atoms with Gasteiger partial charge in [0.25, 0.3) is 5.90 Å². The lowest BCUT2D eigenvalue weighted by atomic mass is 10.2. The van der Waals surface area contributed by atoms with E-state index in [1.54, 1.807) is 25.1 Å². The normalized spacial score (nSPS) is 15.2. The minimum absolute atomic E-state index is 0.138. The average molecular weight is 563 g/mol. The number of carbonyl (C=O) groups is 2. The molecule has 2 aromatic rings. The van der Waals surface area contributed by atoms with E-state index < -0.39 is 5.97 Å². The molecule has 0 saturated carbocycles. The maximum atomic E-state index is 12.0. The van der Waals surface area contributed by atoms with Crippen LogP contribution in [0.25, 0.3) is 6.08 Å². The Morgan fingerprint density at radius 3 is 2.64 bits per heavy atom. The molecule has 0 bridgehead atoms. The van der Waals surface area contributed by atoms with Crippen molar-refractivity contribution in [2.24, 2.45) is 4.99 Å².